The maximum Gasteiger partial charge on any atom is 0.263 e. The van der Waals surface area contributed by atoms with Gasteiger partial charge in [-0.05, 0) is 50.9 Å². The van der Waals surface area contributed by atoms with Gasteiger partial charge in [-0.3, -0.25) is 14.7 Å². The molecule has 2 aromatic heterocycles. The third kappa shape index (κ3) is 2.77. The van der Waals surface area contributed by atoms with Gasteiger partial charge in [-0.25, -0.2) is 4.98 Å². The Morgan fingerprint density at radius 1 is 1.35 bits per heavy atom. The molecule has 2 aromatic rings. The van der Waals surface area contributed by atoms with Crippen molar-refractivity contribution in [1.82, 2.24) is 20.2 Å². The SMILES string of the molecule is CC1C(NC(=O)c2cnc(-c3cccnc3)s2)C2CCN1CC2. The van der Waals surface area contributed by atoms with Crippen molar-refractivity contribution in [2.24, 2.45) is 5.92 Å². The lowest BCUT2D eigenvalue weighted by Crippen LogP contribution is -2.62. The fourth-order valence-corrected chi connectivity index (χ4v) is 4.58. The number of nitrogens with one attached hydrogen (secondary N) is 1. The van der Waals surface area contributed by atoms with Crippen molar-refractivity contribution in [1.29, 1.82) is 0 Å². The molecule has 120 valence electrons. The van der Waals surface area contributed by atoms with Crippen molar-refractivity contribution in [3.63, 3.8) is 0 Å². The van der Waals surface area contributed by atoms with E-state index in [1.165, 1.54) is 37.3 Å². The minimum Gasteiger partial charge on any atom is -0.347 e. The Labute approximate surface area is 139 Å². The summed E-state index contributed by atoms with van der Waals surface area (Å²) in [5.74, 6) is 0.618. The number of carbonyl (C=O) groups is 1. The maximum absolute atomic E-state index is 12.6. The van der Waals surface area contributed by atoms with E-state index in [4.69, 9.17) is 0 Å². The summed E-state index contributed by atoms with van der Waals surface area (Å²) in [7, 11) is 0. The molecule has 5 rings (SSSR count). The Kier molecular flexibility index (Phi) is 3.87. The van der Waals surface area contributed by atoms with Gasteiger partial charge in [0, 0.05) is 30.0 Å². The Bertz CT molecular complexity index is 692. The summed E-state index contributed by atoms with van der Waals surface area (Å²) in [6, 6.07) is 4.53. The molecular formula is C17H20N4OS. The monoisotopic (exact) mass is 328 g/mol. The number of nitrogens with zero attached hydrogens (tertiary/aromatic N) is 3. The van der Waals surface area contributed by atoms with Crippen LogP contribution in [0.25, 0.3) is 10.6 Å². The highest BCUT2D eigenvalue weighted by Gasteiger charge is 2.40. The number of aromatic nitrogens is 2. The van der Waals surface area contributed by atoms with Gasteiger partial charge in [0.05, 0.1) is 6.20 Å². The van der Waals surface area contributed by atoms with Crippen LogP contribution < -0.4 is 5.32 Å². The fourth-order valence-electron chi connectivity index (χ4n) is 3.77. The lowest BCUT2D eigenvalue weighted by molar-refractivity contribution is 0.0218. The molecule has 5 nitrogen and oxygen atoms in total. The first-order valence-electron chi connectivity index (χ1n) is 8.13. The van der Waals surface area contributed by atoms with Gasteiger partial charge in [-0.2, -0.15) is 0 Å². The molecule has 3 saturated heterocycles. The summed E-state index contributed by atoms with van der Waals surface area (Å²) >= 11 is 1.43. The van der Waals surface area contributed by atoms with E-state index in [9.17, 15) is 4.79 Å². The van der Waals surface area contributed by atoms with Gasteiger partial charge < -0.3 is 5.32 Å². The first-order valence-corrected chi connectivity index (χ1v) is 8.95. The lowest BCUT2D eigenvalue weighted by atomic mass is 9.79. The van der Waals surface area contributed by atoms with E-state index in [-0.39, 0.29) is 11.9 Å². The molecule has 2 bridgehead atoms. The van der Waals surface area contributed by atoms with Crippen LogP contribution in [0.4, 0.5) is 0 Å². The van der Waals surface area contributed by atoms with Gasteiger partial charge in [0.15, 0.2) is 0 Å². The van der Waals surface area contributed by atoms with Gasteiger partial charge in [0.25, 0.3) is 5.91 Å². The molecule has 3 aliphatic heterocycles. The van der Waals surface area contributed by atoms with E-state index >= 15 is 0 Å². The lowest BCUT2D eigenvalue weighted by Gasteiger charge is -2.49. The average molecular weight is 328 g/mol. The molecule has 5 heterocycles. The molecule has 0 aliphatic carbocycles. The van der Waals surface area contributed by atoms with Crippen LogP contribution in [0.15, 0.2) is 30.7 Å². The van der Waals surface area contributed by atoms with Crippen molar-refractivity contribution >= 4 is 17.2 Å². The average Bonchev–Trinajstić information content (AvgIpc) is 3.09. The van der Waals surface area contributed by atoms with Crippen molar-refractivity contribution in [2.45, 2.75) is 31.8 Å². The highest BCUT2D eigenvalue weighted by Crippen LogP contribution is 2.32. The number of pyridine rings is 1. The van der Waals surface area contributed by atoms with E-state index in [2.05, 4.69) is 27.1 Å². The van der Waals surface area contributed by atoms with Crippen molar-refractivity contribution < 1.29 is 4.79 Å². The van der Waals surface area contributed by atoms with E-state index in [1.54, 1.807) is 18.6 Å². The highest BCUT2D eigenvalue weighted by molar-refractivity contribution is 7.16. The van der Waals surface area contributed by atoms with Crippen LogP contribution in [0.2, 0.25) is 0 Å². The molecule has 3 fully saturated rings. The zero-order valence-corrected chi connectivity index (χ0v) is 13.9. The number of piperidine rings is 3. The van der Waals surface area contributed by atoms with Crippen LogP contribution in [-0.2, 0) is 0 Å². The molecular weight excluding hydrogens is 308 g/mol. The maximum atomic E-state index is 12.6. The number of hydrogen-bond donors (Lipinski definition) is 1. The second kappa shape index (κ2) is 6.02. The Morgan fingerprint density at radius 3 is 2.87 bits per heavy atom. The number of rotatable bonds is 3. The number of amides is 1. The Balaban J connectivity index is 1.49. The predicted octanol–water partition coefficient (Wildman–Crippen LogP) is 2.42. The first kappa shape index (κ1) is 14.8. The van der Waals surface area contributed by atoms with Crippen molar-refractivity contribution in [3.05, 3.63) is 35.6 Å². The standard InChI is InChI=1S/C17H20N4OS/c1-11-15(12-4-7-21(11)8-5-12)20-16(22)14-10-19-17(23-14)13-3-2-6-18-9-13/h2-3,6,9-12,15H,4-5,7-8H2,1H3,(H,20,22). The van der Waals surface area contributed by atoms with Gasteiger partial charge in [-0.15, -0.1) is 11.3 Å². The predicted molar refractivity (Wildman–Crippen MR) is 90.4 cm³/mol. The summed E-state index contributed by atoms with van der Waals surface area (Å²) in [6.07, 6.45) is 7.57. The summed E-state index contributed by atoms with van der Waals surface area (Å²) in [4.78, 5) is 24.2. The second-order valence-corrected chi connectivity index (χ2v) is 7.42. The Morgan fingerprint density at radius 2 is 2.17 bits per heavy atom. The minimum atomic E-state index is 0.00300. The fraction of sp³-hybridized carbons (Fsp3) is 0.471. The van der Waals surface area contributed by atoms with Gasteiger partial charge in [0.2, 0.25) is 0 Å². The molecule has 2 unspecified atom stereocenters. The van der Waals surface area contributed by atoms with Crippen molar-refractivity contribution in [2.75, 3.05) is 13.1 Å². The molecule has 23 heavy (non-hydrogen) atoms. The second-order valence-electron chi connectivity index (χ2n) is 6.38. The summed E-state index contributed by atoms with van der Waals surface area (Å²) in [6.45, 7) is 4.57. The topological polar surface area (TPSA) is 58.1 Å². The highest BCUT2D eigenvalue weighted by atomic mass is 32.1. The molecule has 0 saturated carbocycles. The van der Waals surface area contributed by atoms with E-state index in [1.807, 2.05) is 12.1 Å². The van der Waals surface area contributed by atoms with Crippen LogP contribution in [0.5, 0.6) is 0 Å². The van der Waals surface area contributed by atoms with Gasteiger partial charge >= 0.3 is 0 Å². The van der Waals surface area contributed by atoms with Crippen LogP contribution in [0.3, 0.4) is 0 Å². The summed E-state index contributed by atoms with van der Waals surface area (Å²) in [5.41, 5.74) is 0.952. The van der Waals surface area contributed by atoms with E-state index in [0.717, 1.165) is 10.6 Å². The zero-order valence-electron chi connectivity index (χ0n) is 13.1. The molecule has 1 amide bonds. The number of hydrogen-bond acceptors (Lipinski definition) is 5. The van der Waals surface area contributed by atoms with E-state index < -0.39 is 0 Å². The third-order valence-corrected chi connectivity index (χ3v) is 6.16. The van der Waals surface area contributed by atoms with Crippen LogP contribution in [-0.4, -0.2) is 45.9 Å². The number of thiazole rings is 1. The van der Waals surface area contributed by atoms with E-state index in [0.29, 0.717) is 16.8 Å². The van der Waals surface area contributed by atoms with Gasteiger partial charge in [0.1, 0.15) is 9.88 Å². The normalized spacial score (nSPS) is 29.4. The molecule has 0 radical (unpaired) electrons. The van der Waals surface area contributed by atoms with Crippen molar-refractivity contribution in [3.8, 4) is 10.6 Å². The minimum absolute atomic E-state index is 0.00300. The first-order chi connectivity index (χ1) is 11.2. The van der Waals surface area contributed by atoms with Gasteiger partial charge in [-0.1, -0.05) is 0 Å². The molecule has 6 heteroatoms. The molecule has 1 N–H and O–H groups in total. The van der Waals surface area contributed by atoms with Crippen LogP contribution in [0.1, 0.15) is 29.4 Å². The quantitative estimate of drug-likeness (QED) is 0.940. The smallest absolute Gasteiger partial charge is 0.263 e. The molecule has 0 aromatic carbocycles. The number of carbonyl (C=O) groups excluding carboxylic acids is 1. The summed E-state index contributed by atoms with van der Waals surface area (Å²) in [5, 5.41) is 4.09. The number of fused-ring (bicyclic) bond motifs is 3. The third-order valence-electron chi connectivity index (χ3n) is 5.11. The molecule has 3 aliphatic rings. The largest absolute Gasteiger partial charge is 0.347 e. The summed E-state index contributed by atoms with van der Waals surface area (Å²) < 4.78 is 0. The van der Waals surface area contributed by atoms with Crippen LogP contribution >= 0.6 is 11.3 Å². The molecule has 2 atom stereocenters. The van der Waals surface area contributed by atoms with Crippen LogP contribution in [0, 0.1) is 5.92 Å². The zero-order chi connectivity index (χ0) is 15.8. The molecule has 0 spiro atoms. The Hall–Kier alpha value is -1.79.